The molecule has 2 aromatic rings. The first kappa shape index (κ1) is 11.9. The van der Waals surface area contributed by atoms with Crippen LogP contribution < -0.4 is 0 Å². The summed E-state index contributed by atoms with van der Waals surface area (Å²) < 4.78 is 1.94. The molecule has 1 aromatic carbocycles. The number of non-ortho nitro benzene ring substituents is 1. The number of rotatable bonds is 4. The quantitative estimate of drug-likeness (QED) is 0.624. The maximum atomic E-state index is 10.8. The Kier molecular flexibility index (Phi) is 2.81. The Morgan fingerprint density at radius 2 is 2.21 bits per heavy atom. The van der Waals surface area contributed by atoms with Gasteiger partial charge in [-0.25, -0.2) is 0 Å². The molecule has 0 aliphatic heterocycles. The molecular weight excluding hydrogens is 242 g/mol. The fourth-order valence-corrected chi connectivity index (χ4v) is 2.17. The smallest absolute Gasteiger partial charge is 0.270 e. The maximum Gasteiger partial charge on any atom is 0.270 e. The minimum Gasteiger partial charge on any atom is -0.272 e. The zero-order chi connectivity index (χ0) is 13.4. The fourth-order valence-electron chi connectivity index (χ4n) is 2.17. The minimum absolute atomic E-state index is 0.109. The molecule has 1 heterocycles. The van der Waals surface area contributed by atoms with Gasteiger partial charge < -0.3 is 0 Å². The van der Waals surface area contributed by atoms with E-state index in [0.717, 1.165) is 29.3 Å². The molecule has 0 spiro atoms. The summed E-state index contributed by atoms with van der Waals surface area (Å²) in [5, 5.41) is 15.4. The normalized spacial score (nSPS) is 14.6. The Morgan fingerprint density at radius 3 is 2.89 bits per heavy atom. The topological polar surface area (TPSA) is 61.0 Å². The molecular formula is C14H15N3O2. The molecule has 1 aliphatic carbocycles. The number of aryl methyl sites for hydroxylation is 1. The zero-order valence-electron chi connectivity index (χ0n) is 10.7. The summed E-state index contributed by atoms with van der Waals surface area (Å²) in [5.41, 5.74) is 2.75. The van der Waals surface area contributed by atoms with E-state index in [-0.39, 0.29) is 10.6 Å². The van der Waals surface area contributed by atoms with Crippen molar-refractivity contribution in [1.82, 2.24) is 9.78 Å². The predicted molar refractivity (Wildman–Crippen MR) is 71.8 cm³/mol. The molecule has 98 valence electrons. The SMILES string of the molecule is Cc1ccc([N+](=O)[O-])cc1-c1ccn(CC2CC2)n1. The van der Waals surface area contributed by atoms with Gasteiger partial charge >= 0.3 is 0 Å². The predicted octanol–water partition coefficient (Wildman–Crippen LogP) is 3.18. The summed E-state index contributed by atoms with van der Waals surface area (Å²) in [7, 11) is 0. The van der Waals surface area contributed by atoms with Crippen molar-refractivity contribution in [2.45, 2.75) is 26.3 Å². The monoisotopic (exact) mass is 257 g/mol. The Bertz CT molecular complexity index is 629. The van der Waals surface area contributed by atoms with E-state index in [1.165, 1.54) is 18.9 Å². The van der Waals surface area contributed by atoms with E-state index in [2.05, 4.69) is 5.10 Å². The fraction of sp³-hybridized carbons (Fsp3) is 0.357. The number of hydrogen-bond acceptors (Lipinski definition) is 3. The first-order valence-electron chi connectivity index (χ1n) is 6.42. The summed E-state index contributed by atoms with van der Waals surface area (Å²) in [5.74, 6) is 0.763. The van der Waals surface area contributed by atoms with Crippen LogP contribution in [0.1, 0.15) is 18.4 Å². The van der Waals surface area contributed by atoms with Gasteiger partial charge in [-0.15, -0.1) is 0 Å². The van der Waals surface area contributed by atoms with Crippen LogP contribution >= 0.6 is 0 Å². The van der Waals surface area contributed by atoms with E-state index in [1.54, 1.807) is 12.1 Å². The van der Waals surface area contributed by atoms with Crippen molar-refractivity contribution in [1.29, 1.82) is 0 Å². The summed E-state index contributed by atoms with van der Waals surface area (Å²) in [4.78, 5) is 10.5. The van der Waals surface area contributed by atoms with Crippen LogP contribution in [0.15, 0.2) is 30.5 Å². The molecule has 1 saturated carbocycles. The molecule has 1 aliphatic rings. The van der Waals surface area contributed by atoms with Gasteiger partial charge in [0, 0.05) is 30.4 Å². The molecule has 5 nitrogen and oxygen atoms in total. The zero-order valence-corrected chi connectivity index (χ0v) is 10.7. The van der Waals surface area contributed by atoms with E-state index in [4.69, 9.17) is 0 Å². The van der Waals surface area contributed by atoms with Crippen molar-refractivity contribution >= 4 is 5.69 Å². The first-order valence-corrected chi connectivity index (χ1v) is 6.42. The van der Waals surface area contributed by atoms with E-state index in [1.807, 2.05) is 23.9 Å². The van der Waals surface area contributed by atoms with Gasteiger partial charge in [0.1, 0.15) is 0 Å². The van der Waals surface area contributed by atoms with Gasteiger partial charge in [-0.1, -0.05) is 6.07 Å². The number of benzene rings is 1. The van der Waals surface area contributed by atoms with Crippen LogP contribution in [0, 0.1) is 23.0 Å². The highest BCUT2D eigenvalue weighted by Crippen LogP contribution is 2.31. The highest BCUT2D eigenvalue weighted by atomic mass is 16.6. The van der Waals surface area contributed by atoms with Gasteiger partial charge in [-0.3, -0.25) is 14.8 Å². The molecule has 1 fully saturated rings. The second kappa shape index (κ2) is 4.50. The third-order valence-corrected chi connectivity index (χ3v) is 3.49. The van der Waals surface area contributed by atoms with E-state index in [0.29, 0.717) is 0 Å². The molecule has 0 saturated heterocycles. The second-order valence-electron chi connectivity index (χ2n) is 5.12. The average molecular weight is 257 g/mol. The second-order valence-corrected chi connectivity index (χ2v) is 5.12. The Morgan fingerprint density at radius 1 is 1.42 bits per heavy atom. The van der Waals surface area contributed by atoms with Crippen LogP contribution in [0.2, 0.25) is 0 Å². The van der Waals surface area contributed by atoms with Crippen LogP contribution in [-0.2, 0) is 6.54 Å². The Balaban J connectivity index is 1.93. The lowest BCUT2D eigenvalue weighted by molar-refractivity contribution is -0.384. The molecule has 19 heavy (non-hydrogen) atoms. The third kappa shape index (κ3) is 2.50. The largest absolute Gasteiger partial charge is 0.272 e. The maximum absolute atomic E-state index is 10.8. The van der Waals surface area contributed by atoms with Crippen LogP contribution in [-0.4, -0.2) is 14.7 Å². The average Bonchev–Trinajstić information content (AvgIpc) is 3.06. The summed E-state index contributed by atoms with van der Waals surface area (Å²) in [6.45, 7) is 2.90. The highest BCUT2D eigenvalue weighted by molar-refractivity contribution is 5.66. The van der Waals surface area contributed by atoms with Gasteiger partial charge in [0.05, 0.1) is 10.6 Å². The van der Waals surface area contributed by atoms with Gasteiger partial charge in [0.2, 0.25) is 0 Å². The first-order chi connectivity index (χ1) is 9.13. The van der Waals surface area contributed by atoms with Crippen LogP contribution in [0.4, 0.5) is 5.69 Å². The van der Waals surface area contributed by atoms with Crippen LogP contribution in [0.5, 0.6) is 0 Å². The lowest BCUT2D eigenvalue weighted by atomic mass is 10.1. The molecule has 0 bridgehead atoms. The van der Waals surface area contributed by atoms with Gasteiger partial charge in [-0.05, 0) is 37.3 Å². The molecule has 0 N–H and O–H groups in total. The molecule has 0 amide bonds. The van der Waals surface area contributed by atoms with Gasteiger partial charge in [0.25, 0.3) is 5.69 Å². The number of hydrogen-bond donors (Lipinski definition) is 0. The molecule has 0 unspecified atom stereocenters. The highest BCUT2D eigenvalue weighted by Gasteiger charge is 2.22. The molecule has 3 rings (SSSR count). The van der Waals surface area contributed by atoms with Crippen molar-refractivity contribution in [3.05, 3.63) is 46.1 Å². The van der Waals surface area contributed by atoms with E-state index in [9.17, 15) is 10.1 Å². The van der Waals surface area contributed by atoms with Crippen molar-refractivity contribution in [3.8, 4) is 11.3 Å². The number of nitrogens with zero attached hydrogens (tertiary/aromatic N) is 3. The van der Waals surface area contributed by atoms with Gasteiger partial charge in [-0.2, -0.15) is 5.10 Å². The van der Waals surface area contributed by atoms with Gasteiger partial charge in [0.15, 0.2) is 0 Å². The third-order valence-electron chi connectivity index (χ3n) is 3.49. The number of nitro groups is 1. The molecule has 0 radical (unpaired) electrons. The molecule has 1 aromatic heterocycles. The lowest BCUT2D eigenvalue weighted by Gasteiger charge is -2.03. The lowest BCUT2D eigenvalue weighted by Crippen LogP contribution is -2.00. The Hall–Kier alpha value is -2.17. The Labute approximate surface area is 111 Å². The van der Waals surface area contributed by atoms with E-state index < -0.39 is 0 Å². The van der Waals surface area contributed by atoms with E-state index >= 15 is 0 Å². The van der Waals surface area contributed by atoms with Crippen LogP contribution in [0.3, 0.4) is 0 Å². The number of aromatic nitrogens is 2. The van der Waals surface area contributed by atoms with Crippen molar-refractivity contribution in [2.75, 3.05) is 0 Å². The van der Waals surface area contributed by atoms with Crippen LogP contribution in [0.25, 0.3) is 11.3 Å². The summed E-state index contributed by atoms with van der Waals surface area (Å²) >= 11 is 0. The summed E-state index contributed by atoms with van der Waals surface area (Å²) in [6, 6.07) is 6.82. The standard InChI is InChI=1S/C14H15N3O2/c1-10-2-5-12(17(18)19)8-13(10)14-6-7-16(15-14)9-11-3-4-11/h2,5-8,11H,3-4,9H2,1H3. The number of nitro benzene ring substituents is 1. The molecule has 0 atom stereocenters. The van der Waals surface area contributed by atoms with Crippen molar-refractivity contribution < 1.29 is 4.92 Å². The van der Waals surface area contributed by atoms with Crippen molar-refractivity contribution in [2.24, 2.45) is 5.92 Å². The minimum atomic E-state index is -0.371. The summed E-state index contributed by atoms with van der Waals surface area (Å²) in [6.07, 6.45) is 4.52. The van der Waals surface area contributed by atoms with Crippen molar-refractivity contribution in [3.63, 3.8) is 0 Å². The molecule has 5 heteroatoms.